The Labute approximate surface area is 99.8 Å². The van der Waals surface area contributed by atoms with Gasteiger partial charge in [0.1, 0.15) is 0 Å². The highest BCUT2D eigenvalue weighted by molar-refractivity contribution is 5.91. The van der Waals surface area contributed by atoms with Crippen LogP contribution in [0.15, 0.2) is 24.3 Å². The fraction of sp³-hybridized carbons (Fsp3) is 0.462. The van der Waals surface area contributed by atoms with E-state index in [0.717, 1.165) is 5.56 Å². The Hall–Kier alpha value is -1.39. The molecule has 1 aliphatic carbocycles. The van der Waals surface area contributed by atoms with Crippen molar-refractivity contribution in [3.05, 3.63) is 35.4 Å². The molecular weight excluding hydrogens is 220 g/mol. The lowest BCUT2D eigenvalue weighted by atomic mass is 9.92. The molecule has 4 nitrogen and oxygen atoms in total. The summed E-state index contributed by atoms with van der Waals surface area (Å²) >= 11 is 0. The molecular formula is C13H16O4. The summed E-state index contributed by atoms with van der Waals surface area (Å²) in [6.45, 7) is 0. The van der Waals surface area contributed by atoms with Gasteiger partial charge in [-0.05, 0) is 24.0 Å². The lowest BCUT2D eigenvalue weighted by Gasteiger charge is -2.16. The predicted octanol–water partition coefficient (Wildman–Crippen LogP) is 1.42. The van der Waals surface area contributed by atoms with Gasteiger partial charge in [-0.15, -0.1) is 0 Å². The van der Waals surface area contributed by atoms with Crippen LogP contribution >= 0.6 is 0 Å². The minimum absolute atomic E-state index is 0.000278. The zero-order valence-corrected chi connectivity index (χ0v) is 9.72. The van der Waals surface area contributed by atoms with E-state index in [1.807, 2.05) is 12.1 Å². The fourth-order valence-corrected chi connectivity index (χ4v) is 2.42. The van der Waals surface area contributed by atoms with Crippen LogP contribution in [-0.4, -0.2) is 29.1 Å². The zero-order chi connectivity index (χ0) is 12.5. The number of esters is 1. The number of methoxy groups -OCH3 is 1. The number of benzene rings is 1. The second-order valence-corrected chi connectivity index (χ2v) is 4.50. The van der Waals surface area contributed by atoms with E-state index in [2.05, 4.69) is 0 Å². The SMILES string of the molecule is COC(=O)c1ccccc1C1CCC(O)(O)C1. The summed E-state index contributed by atoms with van der Waals surface area (Å²) < 4.78 is 4.72. The highest BCUT2D eigenvalue weighted by atomic mass is 16.5. The van der Waals surface area contributed by atoms with Crippen LogP contribution in [0, 0.1) is 0 Å². The van der Waals surface area contributed by atoms with Crippen molar-refractivity contribution in [3.8, 4) is 0 Å². The summed E-state index contributed by atoms with van der Waals surface area (Å²) in [7, 11) is 1.34. The summed E-state index contributed by atoms with van der Waals surface area (Å²) in [5.74, 6) is -1.98. The van der Waals surface area contributed by atoms with E-state index in [-0.39, 0.29) is 18.3 Å². The molecule has 0 amide bonds. The molecule has 2 N–H and O–H groups in total. The zero-order valence-electron chi connectivity index (χ0n) is 9.72. The Morgan fingerprint density at radius 3 is 2.71 bits per heavy atom. The van der Waals surface area contributed by atoms with E-state index < -0.39 is 5.79 Å². The minimum atomic E-state index is -1.60. The molecule has 2 rings (SSSR count). The minimum Gasteiger partial charge on any atom is -0.465 e. The lowest BCUT2D eigenvalue weighted by molar-refractivity contribution is -0.153. The maximum absolute atomic E-state index is 11.6. The Morgan fingerprint density at radius 2 is 2.12 bits per heavy atom. The molecule has 0 heterocycles. The molecule has 1 aromatic rings. The highest BCUT2D eigenvalue weighted by Crippen LogP contribution is 2.40. The first-order valence-corrected chi connectivity index (χ1v) is 5.65. The summed E-state index contributed by atoms with van der Waals surface area (Å²) in [5, 5.41) is 19.1. The van der Waals surface area contributed by atoms with Crippen LogP contribution in [0.5, 0.6) is 0 Å². The van der Waals surface area contributed by atoms with E-state index in [1.165, 1.54) is 7.11 Å². The van der Waals surface area contributed by atoms with E-state index in [4.69, 9.17) is 4.74 Å². The molecule has 1 aliphatic rings. The van der Waals surface area contributed by atoms with Crippen LogP contribution in [0.3, 0.4) is 0 Å². The van der Waals surface area contributed by atoms with E-state index in [9.17, 15) is 15.0 Å². The van der Waals surface area contributed by atoms with Crippen LogP contribution in [0.25, 0.3) is 0 Å². The molecule has 0 bridgehead atoms. The van der Waals surface area contributed by atoms with Crippen LogP contribution in [0.1, 0.15) is 41.1 Å². The molecule has 0 spiro atoms. The van der Waals surface area contributed by atoms with Crippen LogP contribution < -0.4 is 0 Å². The van der Waals surface area contributed by atoms with Crippen LogP contribution in [0.2, 0.25) is 0 Å². The van der Waals surface area contributed by atoms with Gasteiger partial charge in [0.25, 0.3) is 0 Å². The quantitative estimate of drug-likeness (QED) is 0.602. The largest absolute Gasteiger partial charge is 0.465 e. The lowest BCUT2D eigenvalue weighted by Crippen LogP contribution is -2.23. The average molecular weight is 236 g/mol. The third kappa shape index (κ3) is 2.48. The molecule has 1 atom stereocenters. The molecule has 4 heteroatoms. The van der Waals surface area contributed by atoms with Gasteiger partial charge in [0.15, 0.2) is 5.79 Å². The number of ether oxygens (including phenoxy) is 1. The molecule has 0 aromatic heterocycles. The maximum atomic E-state index is 11.6. The van der Waals surface area contributed by atoms with Gasteiger partial charge in [-0.2, -0.15) is 0 Å². The number of aliphatic hydroxyl groups is 2. The Bertz CT molecular complexity index is 425. The van der Waals surface area contributed by atoms with Crippen molar-refractivity contribution in [1.29, 1.82) is 0 Å². The van der Waals surface area contributed by atoms with Gasteiger partial charge in [0.2, 0.25) is 0 Å². The normalized spacial score (nSPS) is 22.4. The van der Waals surface area contributed by atoms with Crippen molar-refractivity contribution in [3.63, 3.8) is 0 Å². The van der Waals surface area contributed by atoms with Gasteiger partial charge in [-0.1, -0.05) is 18.2 Å². The third-order valence-electron chi connectivity index (χ3n) is 3.27. The van der Waals surface area contributed by atoms with Gasteiger partial charge in [0.05, 0.1) is 12.7 Å². The molecule has 1 fully saturated rings. The van der Waals surface area contributed by atoms with Crippen LogP contribution in [-0.2, 0) is 4.74 Å². The predicted molar refractivity (Wildman–Crippen MR) is 61.5 cm³/mol. The first-order chi connectivity index (χ1) is 8.03. The summed E-state index contributed by atoms with van der Waals surface area (Å²) in [4.78, 5) is 11.6. The Kier molecular flexibility index (Phi) is 3.17. The monoisotopic (exact) mass is 236 g/mol. The van der Waals surface area contributed by atoms with Gasteiger partial charge < -0.3 is 14.9 Å². The molecule has 1 aromatic carbocycles. The summed E-state index contributed by atoms with van der Waals surface area (Å²) in [6.07, 6.45) is 1.27. The standard InChI is InChI=1S/C13H16O4/c1-17-12(14)11-5-3-2-4-10(11)9-6-7-13(15,16)8-9/h2-5,9,15-16H,6-8H2,1H3. The van der Waals surface area contributed by atoms with Crippen molar-refractivity contribution < 1.29 is 19.7 Å². The molecule has 1 unspecified atom stereocenters. The molecule has 92 valence electrons. The second kappa shape index (κ2) is 4.47. The van der Waals surface area contributed by atoms with Gasteiger partial charge in [-0.25, -0.2) is 4.79 Å². The highest BCUT2D eigenvalue weighted by Gasteiger charge is 2.37. The van der Waals surface area contributed by atoms with Crippen molar-refractivity contribution in [2.45, 2.75) is 31.0 Å². The Balaban J connectivity index is 2.30. The third-order valence-corrected chi connectivity index (χ3v) is 3.27. The smallest absolute Gasteiger partial charge is 0.338 e. The maximum Gasteiger partial charge on any atom is 0.338 e. The number of hydrogen-bond donors (Lipinski definition) is 2. The summed E-state index contributed by atoms with van der Waals surface area (Å²) in [5.41, 5.74) is 1.35. The van der Waals surface area contributed by atoms with E-state index in [1.54, 1.807) is 12.1 Å². The van der Waals surface area contributed by atoms with Crippen LogP contribution in [0.4, 0.5) is 0 Å². The van der Waals surface area contributed by atoms with Gasteiger partial charge >= 0.3 is 5.97 Å². The number of rotatable bonds is 2. The van der Waals surface area contributed by atoms with Gasteiger partial charge in [0, 0.05) is 12.8 Å². The van der Waals surface area contributed by atoms with Crippen molar-refractivity contribution in [1.82, 2.24) is 0 Å². The fourth-order valence-electron chi connectivity index (χ4n) is 2.42. The topological polar surface area (TPSA) is 66.8 Å². The number of carbonyl (C=O) groups is 1. The van der Waals surface area contributed by atoms with Crippen molar-refractivity contribution in [2.75, 3.05) is 7.11 Å². The average Bonchev–Trinajstić information content (AvgIpc) is 2.68. The number of carbonyl (C=O) groups excluding carboxylic acids is 1. The second-order valence-electron chi connectivity index (χ2n) is 4.50. The van der Waals surface area contributed by atoms with E-state index >= 15 is 0 Å². The first-order valence-electron chi connectivity index (χ1n) is 5.65. The molecule has 0 saturated heterocycles. The first kappa shape index (κ1) is 12.1. The van der Waals surface area contributed by atoms with Crippen molar-refractivity contribution in [2.24, 2.45) is 0 Å². The van der Waals surface area contributed by atoms with Crippen molar-refractivity contribution >= 4 is 5.97 Å². The molecule has 1 saturated carbocycles. The molecule has 0 aliphatic heterocycles. The summed E-state index contributed by atoms with van der Waals surface area (Å²) in [6, 6.07) is 7.17. The molecule has 0 radical (unpaired) electrons. The number of hydrogen-bond acceptors (Lipinski definition) is 4. The Morgan fingerprint density at radius 1 is 1.41 bits per heavy atom. The van der Waals surface area contributed by atoms with Gasteiger partial charge in [-0.3, -0.25) is 0 Å². The van der Waals surface area contributed by atoms with E-state index in [0.29, 0.717) is 18.4 Å². The molecule has 17 heavy (non-hydrogen) atoms.